The van der Waals surface area contributed by atoms with E-state index >= 15 is 0 Å². The Labute approximate surface area is 158 Å². The number of hydrogen-bond donors (Lipinski definition) is 1. The van der Waals surface area contributed by atoms with Crippen LogP contribution in [0.1, 0.15) is 36.7 Å². The van der Waals surface area contributed by atoms with Gasteiger partial charge in [0.15, 0.2) is 5.78 Å². The quantitative estimate of drug-likeness (QED) is 0.627. The summed E-state index contributed by atoms with van der Waals surface area (Å²) >= 11 is 9.47. The first-order valence-corrected chi connectivity index (χ1v) is 8.53. The van der Waals surface area contributed by atoms with Gasteiger partial charge in [0.1, 0.15) is 11.4 Å². The largest absolute Gasteiger partial charge is 0.444 e. The number of anilines is 1. The van der Waals surface area contributed by atoms with Crippen LogP contribution in [0.3, 0.4) is 0 Å². The molecule has 2 rings (SSSR count). The van der Waals surface area contributed by atoms with E-state index in [1.165, 1.54) is 36.4 Å². The number of carbonyl (C=O) groups excluding carboxylic acids is 2. The predicted octanol–water partition coefficient (Wildman–Crippen LogP) is 5.82. The summed E-state index contributed by atoms with van der Waals surface area (Å²) in [6.07, 6.45) is -0.654. The number of halogens is 3. The molecule has 0 heterocycles. The van der Waals surface area contributed by atoms with Gasteiger partial charge in [-0.25, -0.2) is 9.18 Å². The third kappa shape index (κ3) is 5.28. The van der Waals surface area contributed by atoms with E-state index in [1.807, 2.05) is 0 Å². The summed E-state index contributed by atoms with van der Waals surface area (Å²) in [6, 6.07) is 8.16. The lowest BCUT2D eigenvalue weighted by Gasteiger charge is -2.20. The number of amides is 1. The summed E-state index contributed by atoms with van der Waals surface area (Å²) in [6.45, 7) is 5.23. The zero-order valence-corrected chi connectivity index (χ0v) is 16.2. The highest BCUT2D eigenvalue weighted by Gasteiger charge is 2.19. The Bertz CT molecular complexity index is 816. The van der Waals surface area contributed by atoms with Crippen LogP contribution >= 0.6 is 27.5 Å². The van der Waals surface area contributed by atoms with Crippen molar-refractivity contribution >= 4 is 45.1 Å². The Morgan fingerprint density at radius 1 is 1.16 bits per heavy atom. The Hall–Kier alpha value is -1.92. The van der Waals surface area contributed by atoms with Crippen LogP contribution < -0.4 is 5.32 Å². The Morgan fingerprint density at radius 3 is 2.32 bits per heavy atom. The zero-order chi connectivity index (χ0) is 18.8. The van der Waals surface area contributed by atoms with Crippen molar-refractivity contribution in [2.24, 2.45) is 0 Å². The first kappa shape index (κ1) is 19.4. The van der Waals surface area contributed by atoms with Gasteiger partial charge in [0.25, 0.3) is 0 Å². The molecule has 0 saturated carbocycles. The highest BCUT2D eigenvalue weighted by atomic mass is 79.9. The van der Waals surface area contributed by atoms with Crippen LogP contribution in [0.5, 0.6) is 0 Å². The normalized spacial score (nSPS) is 11.1. The van der Waals surface area contributed by atoms with Gasteiger partial charge >= 0.3 is 6.09 Å². The van der Waals surface area contributed by atoms with Gasteiger partial charge in [-0.3, -0.25) is 10.1 Å². The smallest absolute Gasteiger partial charge is 0.412 e. The number of nitrogens with one attached hydrogen (secondary N) is 1. The van der Waals surface area contributed by atoms with Crippen molar-refractivity contribution in [1.29, 1.82) is 0 Å². The van der Waals surface area contributed by atoms with E-state index in [4.69, 9.17) is 16.3 Å². The number of rotatable bonds is 3. The van der Waals surface area contributed by atoms with Gasteiger partial charge in [-0.05, 0) is 73.1 Å². The third-order valence-corrected chi connectivity index (χ3v) is 4.01. The maximum Gasteiger partial charge on any atom is 0.412 e. The Balaban J connectivity index is 2.26. The predicted molar refractivity (Wildman–Crippen MR) is 98.8 cm³/mol. The third-order valence-electron chi connectivity index (χ3n) is 3.04. The molecule has 0 atom stereocenters. The minimum absolute atomic E-state index is 0.180. The van der Waals surface area contributed by atoms with E-state index in [2.05, 4.69) is 21.2 Å². The summed E-state index contributed by atoms with van der Waals surface area (Å²) in [5, 5.41) is 2.72. The van der Waals surface area contributed by atoms with Crippen LogP contribution in [0.4, 0.5) is 14.9 Å². The molecule has 132 valence electrons. The highest BCUT2D eigenvalue weighted by Crippen LogP contribution is 2.31. The number of ketones is 1. The molecule has 0 aliphatic carbocycles. The van der Waals surface area contributed by atoms with Crippen molar-refractivity contribution in [2.75, 3.05) is 5.32 Å². The SMILES string of the molecule is CC(C)(C)OC(=O)Nc1cc(Br)c(C(=O)c2ccc(F)cc2)cc1Cl. The standard InChI is InChI=1S/C18H16BrClFNO3/c1-18(2,3)25-17(24)22-15-9-13(19)12(8-14(15)20)16(23)10-4-6-11(21)7-5-10/h4-9H,1-3H3,(H,22,24). The average Bonchev–Trinajstić information content (AvgIpc) is 2.49. The molecule has 0 unspecified atom stereocenters. The van der Waals surface area contributed by atoms with Crippen LogP contribution in [0.2, 0.25) is 5.02 Å². The molecule has 25 heavy (non-hydrogen) atoms. The van der Waals surface area contributed by atoms with Crippen molar-refractivity contribution in [1.82, 2.24) is 0 Å². The van der Waals surface area contributed by atoms with Gasteiger partial charge in [-0.15, -0.1) is 0 Å². The second-order valence-corrected chi connectivity index (χ2v) is 7.54. The van der Waals surface area contributed by atoms with E-state index < -0.39 is 17.5 Å². The molecule has 0 aliphatic rings. The van der Waals surface area contributed by atoms with E-state index in [0.717, 1.165) is 0 Å². The Kier molecular flexibility index (Phi) is 5.85. The second kappa shape index (κ2) is 7.54. The summed E-state index contributed by atoms with van der Waals surface area (Å²) in [5.74, 6) is -0.747. The van der Waals surface area contributed by atoms with Crippen molar-refractivity contribution in [3.63, 3.8) is 0 Å². The fraction of sp³-hybridized carbons (Fsp3) is 0.222. The van der Waals surface area contributed by atoms with Gasteiger partial charge in [0.05, 0.1) is 10.7 Å². The summed E-state index contributed by atoms with van der Waals surface area (Å²) in [5.41, 5.74) is 0.280. The van der Waals surface area contributed by atoms with Gasteiger partial charge in [0, 0.05) is 15.6 Å². The fourth-order valence-electron chi connectivity index (χ4n) is 1.99. The molecule has 1 N–H and O–H groups in total. The van der Waals surface area contributed by atoms with Crippen LogP contribution in [-0.2, 0) is 4.74 Å². The van der Waals surface area contributed by atoms with Crippen LogP contribution in [0.15, 0.2) is 40.9 Å². The molecule has 0 fully saturated rings. The van der Waals surface area contributed by atoms with Crippen LogP contribution in [0, 0.1) is 5.82 Å². The molecular weight excluding hydrogens is 413 g/mol. The molecule has 2 aromatic rings. The summed E-state index contributed by atoms with van der Waals surface area (Å²) in [7, 11) is 0. The molecule has 7 heteroatoms. The summed E-state index contributed by atoms with van der Waals surface area (Å²) < 4.78 is 18.6. The first-order chi connectivity index (χ1) is 11.6. The van der Waals surface area contributed by atoms with Crippen molar-refractivity contribution in [3.05, 3.63) is 62.8 Å². The van der Waals surface area contributed by atoms with Gasteiger partial charge in [0.2, 0.25) is 0 Å². The molecule has 2 aromatic carbocycles. The topological polar surface area (TPSA) is 55.4 Å². The lowest BCUT2D eigenvalue weighted by Crippen LogP contribution is -2.27. The van der Waals surface area contributed by atoms with E-state index in [0.29, 0.717) is 21.3 Å². The highest BCUT2D eigenvalue weighted by molar-refractivity contribution is 9.10. The molecule has 1 amide bonds. The molecule has 0 spiro atoms. The summed E-state index contributed by atoms with van der Waals surface area (Å²) in [4.78, 5) is 24.4. The van der Waals surface area contributed by atoms with Crippen molar-refractivity contribution < 1.29 is 18.7 Å². The van der Waals surface area contributed by atoms with E-state index in [-0.39, 0.29) is 10.8 Å². The maximum atomic E-state index is 13.0. The van der Waals surface area contributed by atoms with Crippen molar-refractivity contribution in [2.45, 2.75) is 26.4 Å². The molecular formula is C18H16BrClFNO3. The van der Waals surface area contributed by atoms with Crippen LogP contribution in [-0.4, -0.2) is 17.5 Å². The number of carbonyl (C=O) groups is 2. The average molecular weight is 429 g/mol. The van der Waals surface area contributed by atoms with Crippen LogP contribution in [0.25, 0.3) is 0 Å². The minimum Gasteiger partial charge on any atom is -0.444 e. The van der Waals surface area contributed by atoms with E-state index in [1.54, 1.807) is 20.8 Å². The molecule has 4 nitrogen and oxygen atoms in total. The van der Waals surface area contributed by atoms with Crippen molar-refractivity contribution in [3.8, 4) is 0 Å². The number of hydrogen-bond acceptors (Lipinski definition) is 3. The van der Waals surface area contributed by atoms with Gasteiger partial charge in [-0.2, -0.15) is 0 Å². The Morgan fingerprint density at radius 2 is 1.76 bits per heavy atom. The second-order valence-electron chi connectivity index (χ2n) is 6.27. The first-order valence-electron chi connectivity index (χ1n) is 7.36. The molecule has 0 aliphatic heterocycles. The molecule has 0 aromatic heterocycles. The minimum atomic E-state index is -0.654. The monoisotopic (exact) mass is 427 g/mol. The zero-order valence-electron chi connectivity index (χ0n) is 13.8. The lowest BCUT2D eigenvalue weighted by atomic mass is 10.0. The van der Waals surface area contributed by atoms with E-state index in [9.17, 15) is 14.0 Å². The molecule has 0 saturated heterocycles. The van der Waals surface area contributed by atoms with Gasteiger partial charge in [-0.1, -0.05) is 11.6 Å². The fourth-order valence-corrected chi connectivity index (χ4v) is 2.72. The van der Waals surface area contributed by atoms with Gasteiger partial charge < -0.3 is 4.74 Å². The number of benzene rings is 2. The molecule has 0 bridgehead atoms. The lowest BCUT2D eigenvalue weighted by molar-refractivity contribution is 0.0636. The number of ether oxygens (including phenoxy) is 1. The molecule has 0 radical (unpaired) electrons. The maximum absolute atomic E-state index is 13.0.